The summed E-state index contributed by atoms with van der Waals surface area (Å²) in [4.78, 5) is 10.5. The molecule has 4 heteroatoms. The van der Waals surface area contributed by atoms with Crippen molar-refractivity contribution in [2.45, 2.75) is 25.9 Å². The van der Waals surface area contributed by atoms with E-state index in [-0.39, 0.29) is 6.61 Å². The van der Waals surface area contributed by atoms with Crippen molar-refractivity contribution in [1.82, 2.24) is 5.32 Å². The summed E-state index contributed by atoms with van der Waals surface area (Å²) in [5, 5.41) is 3.31. The van der Waals surface area contributed by atoms with Crippen LogP contribution in [-0.2, 0) is 11.3 Å². The van der Waals surface area contributed by atoms with Gasteiger partial charge in [-0.1, -0.05) is 12.1 Å². The van der Waals surface area contributed by atoms with E-state index in [1.165, 1.54) is 0 Å². The molecule has 1 rings (SSSR count). The molecular formula is C14H18N2O2. The van der Waals surface area contributed by atoms with Gasteiger partial charge in [0.1, 0.15) is 5.75 Å². The van der Waals surface area contributed by atoms with Crippen LogP contribution in [0.3, 0.4) is 0 Å². The van der Waals surface area contributed by atoms with Gasteiger partial charge < -0.3 is 15.8 Å². The van der Waals surface area contributed by atoms with E-state index < -0.39 is 5.91 Å². The Hall–Kier alpha value is -1.99. The highest BCUT2D eigenvalue weighted by Crippen LogP contribution is 2.12. The molecule has 0 spiro atoms. The zero-order valence-electron chi connectivity index (χ0n) is 10.5. The van der Waals surface area contributed by atoms with Crippen molar-refractivity contribution < 1.29 is 9.53 Å². The van der Waals surface area contributed by atoms with Crippen LogP contribution in [0.1, 0.15) is 18.9 Å². The third-order valence-electron chi connectivity index (χ3n) is 2.38. The van der Waals surface area contributed by atoms with Gasteiger partial charge >= 0.3 is 0 Å². The first-order valence-electron chi connectivity index (χ1n) is 5.78. The number of carbonyl (C=O) groups excluding carboxylic acids is 1. The summed E-state index contributed by atoms with van der Waals surface area (Å²) >= 11 is 0. The number of terminal acetylenes is 1. The van der Waals surface area contributed by atoms with Gasteiger partial charge in [-0.2, -0.15) is 0 Å². The van der Waals surface area contributed by atoms with Crippen molar-refractivity contribution in [3.63, 3.8) is 0 Å². The molecule has 3 N–H and O–H groups in total. The molecule has 4 nitrogen and oxygen atoms in total. The Morgan fingerprint density at radius 1 is 1.50 bits per heavy atom. The summed E-state index contributed by atoms with van der Waals surface area (Å²) in [6.45, 7) is 2.69. The lowest BCUT2D eigenvalue weighted by atomic mass is 10.2. The number of hydrogen-bond donors (Lipinski definition) is 2. The Kier molecular flexibility index (Phi) is 5.75. The van der Waals surface area contributed by atoms with Crippen molar-refractivity contribution in [1.29, 1.82) is 0 Å². The molecule has 0 heterocycles. The van der Waals surface area contributed by atoms with Crippen LogP contribution in [0.15, 0.2) is 24.3 Å². The summed E-state index contributed by atoms with van der Waals surface area (Å²) in [7, 11) is 0. The zero-order valence-corrected chi connectivity index (χ0v) is 10.5. The molecule has 0 aliphatic heterocycles. The Balaban J connectivity index is 2.40. The van der Waals surface area contributed by atoms with Gasteiger partial charge in [0, 0.05) is 19.0 Å². The molecule has 96 valence electrons. The normalized spacial score (nSPS) is 11.6. The fraction of sp³-hybridized carbons (Fsp3) is 0.357. The Morgan fingerprint density at radius 3 is 2.72 bits per heavy atom. The van der Waals surface area contributed by atoms with Gasteiger partial charge in [-0.25, -0.2) is 0 Å². The first kappa shape index (κ1) is 14.1. The van der Waals surface area contributed by atoms with Crippen LogP contribution in [0.25, 0.3) is 0 Å². The highest BCUT2D eigenvalue weighted by Gasteiger charge is 2.01. The quantitative estimate of drug-likeness (QED) is 0.707. The van der Waals surface area contributed by atoms with E-state index in [9.17, 15) is 4.79 Å². The van der Waals surface area contributed by atoms with Gasteiger partial charge in [0.25, 0.3) is 5.91 Å². The third-order valence-corrected chi connectivity index (χ3v) is 2.38. The third kappa shape index (κ3) is 5.37. The van der Waals surface area contributed by atoms with Crippen LogP contribution in [0.5, 0.6) is 5.75 Å². The van der Waals surface area contributed by atoms with Crippen LogP contribution < -0.4 is 15.8 Å². The lowest BCUT2D eigenvalue weighted by molar-refractivity contribution is -0.119. The van der Waals surface area contributed by atoms with E-state index >= 15 is 0 Å². The highest BCUT2D eigenvalue weighted by atomic mass is 16.5. The molecule has 0 saturated heterocycles. The van der Waals surface area contributed by atoms with Gasteiger partial charge in [0.2, 0.25) is 0 Å². The Bertz CT molecular complexity index is 420. The van der Waals surface area contributed by atoms with Crippen molar-refractivity contribution in [2.24, 2.45) is 5.73 Å². The first-order valence-corrected chi connectivity index (χ1v) is 5.78. The van der Waals surface area contributed by atoms with E-state index in [0.717, 1.165) is 12.1 Å². The van der Waals surface area contributed by atoms with E-state index in [4.69, 9.17) is 16.9 Å². The van der Waals surface area contributed by atoms with Crippen molar-refractivity contribution in [3.05, 3.63) is 29.8 Å². The van der Waals surface area contributed by atoms with Crippen LogP contribution in [0.4, 0.5) is 0 Å². The molecule has 1 atom stereocenters. The molecule has 1 amide bonds. The molecule has 1 unspecified atom stereocenters. The Morgan fingerprint density at radius 2 is 2.17 bits per heavy atom. The van der Waals surface area contributed by atoms with E-state index in [0.29, 0.717) is 18.2 Å². The summed E-state index contributed by atoms with van der Waals surface area (Å²) in [6.07, 6.45) is 5.94. The first-order chi connectivity index (χ1) is 8.61. The molecule has 0 bridgehead atoms. The topological polar surface area (TPSA) is 64.3 Å². The SMILES string of the molecule is C#CCC(C)NCc1ccc(OCC(N)=O)cc1. The molecule has 0 saturated carbocycles. The van der Waals surface area contributed by atoms with Crippen LogP contribution in [0, 0.1) is 12.3 Å². The minimum absolute atomic E-state index is 0.100. The summed E-state index contributed by atoms with van der Waals surface area (Å²) in [6, 6.07) is 7.79. The van der Waals surface area contributed by atoms with Crippen molar-refractivity contribution in [3.8, 4) is 18.1 Å². The molecular weight excluding hydrogens is 228 g/mol. The van der Waals surface area contributed by atoms with E-state index in [1.807, 2.05) is 31.2 Å². The fourth-order valence-electron chi connectivity index (χ4n) is 1.40. The molecule has 0 fully saturated rings. The smallest absolute Gasteiger partial charge is 0.255 e. The summed E-state index contributed by atoms with van der Waals surface area (Å²) < 4.78 is 5.17. The maximum absolute atomic E-state index is 10.5. The van der Waals surface area contributed by atoms with Crippen molar-refractivity contribution in [2.75, 3.05) is 6.61 Å². The van der Waals surface area contributed by atoms with Crippen LogP contribution >= 0.6 is 0 Å². The standard InChI is InChI=1S/C14H18N2O2/c1-3-4-11(2)16-9-12-5-7-13(8-6-12)18-10-14(15)17/h1,5-8,11,16H,4,9-10H2,2H3,(H2,15,17). The molecule has 0 radical (unpaired) electrons. The zero-order chi connectivity index (χ0) is 13.4. The molecule has 0 aromatic heterocycles. The molecule has 1 aromatic rings. The second-order valence-corrected chi connectivity index (χ2v) is 4.09. The number of primary amides is 1. The number of carbonyl (C=O) groups is 1. The van der Waals surface area contributed by atoms with Crippen LogP contribution in [-0.4, -0.2) is 18.6 Å². The van der Waals surface area contributed by atoms with E-state index in [1.54, 1.807) is 0 Å². The number of amides is 1. The lowest BCUT2D eigenvalue weighted by Crippen LogP contribution is -2.24. The number of nitrogens with two attached hydrogens (primary N) is 1. The fourth-order valence-corrected chi connectivity index (χ4v) is 1.40. The van der Waals surface area contributed by atoms with Gasteiger partial charge in [-0.05, 0) is 24.6 Å². The average Bonchev–Trinajstić information content (AvgIpc) is 2.35. The number of ether oxygens (including phenoxy) is 1. The summed E-state index contributed by atoms with van der Waals surface area (Å²) in [5.41, 5.74) is 6.12. The maximum Gasteiger partial charge on any atom is 0.255 e. The largest absolute Gasteiger partial charge is 0.484 e. The number of benzene rings is 1. The monoisotopic (exact) mass is 246 g/mol. The van der Waals surface area contributed by atoms with Gasteiger partial charge in [-0.15, -0.1) is 12.3 Å². The van der Waals surface area contributed by atoms with Crippen LogP contribution in [0.2, 0.25) is 0 Å². The number of rotatable bonds is 7. The van der Waals surface area contributed by atoms with Gasteiger partial charge in [0.05, 0.1) is 0 Å². The number of nitrogens with one attached hydrogen (secondary N) is 1. The van der Waals surface area contributed by atoms with Gasteiger partial charge in [0.15, 0.2) is 6.61 Å². The maximum atomic E-state index is 10.5. The number of hydrogen-bond acceptors (Lipinski definition) is 3. The Labute approximate surface area is 108 Å². The summed E-state index contributed by atoms with van der Waals surface area (Å²) in [5.74, 6) is 2.76. The predicted octanol–water partition coefficient (Wildman–Crippen LogP) is 1.05. The van der Waals surface area contributed by atoms with Crippen molar-refractivity contribution >= 4 is 5.91 Å². The van der Waals surface area contributed by atoms with E-state index in [2.05, 4.69) is 11.2 Å². The second-order valence-electron chi connectivity index (χ2n) is 4.09. The minimum atomic E-state index is -0.483. The van der Waals surface area contributed by atoms with Gasteiger partial charge in [-0.3, -0.25) is 4.79 Å². The minimum Gasteiger partial charge on any atom is -0.484 e. The second kappa shape index (κ2) is 7.36. The molecule has 0 aliphatic carbocycles. The molecule has 0 aliphatic rings. The lowest BCUT2D eigenvalue weighted by Gasteiger charge is -2.11. The predicted molar refractivity (Wildman–Crippen MR) is 70.9 cm³/mol. The highest BCUT2D eigenvalue weighted by molar-refractivity contribution is 5.75. The molecule has 18 heavy (non-hydrogen) atoms. The molecule has 1 aromatic carbocycles. The average molecular weight is 246 g/mol.